The first-order chi connectivity index (χ1) is 9.69. The second-order valence-corrected chi connectivity index (χ2v) is 6.22. The Labute approximate surface area is 136 Å². The van der Waals surface area contributed by atoms with Crippen LogP contribution in [0.1, 0.15) is 18.1 Å². The maximum absolute atomic E-state index is 5.85. The largest absolute Gasteiger partial charge is 0.489 e. The van der Waals surface area contributed by atoms with Gasteiger partial charge in [0.05, 0.1) is 0 Å². The van der Waals surface area contributed by atoms with Gasteiger partial charge in [-0.25, -0.2) is 0 Å². The Morgan fingerprint density at radius 1 is 1.10 bits per heavy atom. The summed E-state index contributed by atoms with van der Waals surface area (Å²) in [5.74, 6) is 0.890. The lowest BCUT2D eigenvalue weighted by molar-refractivity contribution is 0.305. The minimum absolute atomic E-state index is 0.571. The molecule has 0 atom stereocenters. The van der Waals surface area contributed by atoms with Crippen LogP contribution in [0.5, 0.6) is 5.75 Å². The number of hydrogen-bond acceptors (Lipinski definition) is 2. The first-order valence-corrected chi connectivity index (χ1v) is 8.14. The predicted molar refractivity (Wildman–Crippen MR) is 90.0 cm³/mol. The molecule has 1 N–H and O–H groups in total. The molecular formula is C16H17Br2NO. The molecular weight excluding hydrogens is 382 g/mol. The van der Waals surface area contributed by atoms with Crippen molar-refractivity contribution >= 4 is 31.9 Å². The molecule has 0 fully saturated rings. The molecule has 0 aliphatic heterocycles. The van der Waals surface area contributed by atoms with Crippen LogP contribution in [0.4, 0.5) is 0 Å². The molecule has 0 radical (unpaired) electrons. The van der Waals surface area contributed by atoms with E-state index in [1.807, 2.05) is 24.3 Å². The van der Waals surface area contributed by atoms with E-state index in [1.54, 1.807) is 0 Å². The summed E-state index contributed by atoms with van der Waals surface area (Å²) in [6, 6.07) is 14.2. The molecule has 0 unspecified atom stereocenters. The highest BCUT2D eigenvalue weighted by atomic mass is 79.9. The van der Waals surface area contributed by atoms with Crippen molar-refractivity contribution in [3.05, 3.63) is 62.5 Å². The van der Waals surface area contributed by atoms with Gasteiger partial charge in [0.1, 0.15) is 12.4 Å². The highest BCUT2D eigenvalue weighted by Gasteiger charge is 2.03. The summed E-state index contributed by atoms with van der Waals surface area (Å²) in [5.41, 5.74) is 2.36. The standard InChI is InChI=1S/C16H17Br2NO/c1-2-19-10-13-9-15(6-7-16(13)18)20-11-12-4-3-5-14(17)8-12/h3-9,19H,2,10-11H2,1H3. The van der Waals surface area contributed by atoms with Crippen molar-refractivity contribution in [2.45, 2.75) is 20.1 Å². The summed E-state index contributed by atoms with van der Waals surface area (Å²) >= 11 is 7.03. The minimum atomic E-state index is 0.571. The summed E-state index contributed by atoms with van der Waals surface area (Å²) in [4.78, 5) is 0. The van der Waals surface area contributed by atoms with Gasteiger partial charge in [0.15, 0.2) is 0 Å². The van der Waals surface area contributed by atoms with Gasteiger partial charge in [-0.15, -0.1) is 0 Å². The van der Waals surface area contributed by atoms with Gasteiger partial charge in [-0.05, 0) is 48.0 Å². The lowest BCUT2D eigenvalue weighted by Gasteiger charge is -2.10. The highest BCUT2D eigenvalue weighted by Crippen LogP contribution is 2.23. The number of ether oxygens (including phenoxy) is 1. The molecule has 2 nitrogen and oxygen atoms in total. The van der Waals surface area contributed by atoms with Crippen molar-refractivity contribution in [3.63, 3.8) is 0 Å². The maximum atomic E-state index is 5.85. The van der Waals surface area contributed by atoms with Gasteiger partial charge in [-0.2, -0.15) is 0 Å². The first-order valence-electron chi connectivity index (χ1n) is 6.55. The van der Waals surface area contributed by atoms with Crippen LogP contribution in [-0.4, -0.2) is 6.54 Å². The average molecular weight is 399 g/mol. The Kier molecular flexibility index (Phi) is 6.07. The van der Waals surface area contributed by atoms with Crippen LogP contribution in [0.15, 0.2) is 51.4 Å². The van der Waals surface area contributed by atoms with E-state index in [4.69, 9.17) is 4.74 Å². The molecule has 2 aromatic carbocycles. The molecule has 0 aliphatic carbocycles. The monoisotopic (exact) mass is 397 g/mol. The molecule has 0 spiro atoms. The zero-order valence-electron chi connectivity index (χ0n) is 11.3. The van der Waals surface area contributed by atoms with Gasteiger partial charge < -0.3 is 10.1 Å². The molecule has 0 amide bonds. The van der Waals surface area contributed by atoms with Crippen LogP contribution in [0.2, 0.25) is 0 Å². The van der Waals surface area contributed by atoms with E-state index in [-0.39, 0.29) is 0 Å². The van der Waals surface area contributed by atoms with Gasteiger partial charge in [0, 0.05) is 15.5 Å². The summed E-state index contributed by atoms with van der Waals surface area (Å²) in [6.45, 7) is 4.46. The second kappa shape index (κ2) is 7.81. The molecule has 0 aliphatic rings. The normalized spacial score (nSPS) is 10.6. The third-order valence-electron chi connectivity index (χ3n) is 2.88. The van der Waals surface area contributed by atoms with Crippen molar-refractivity contribution in [1.29, 1.82) is 0 Å². The van der Waals surface area contributed by atoms with E-state index in [2.05, 4.69) is 62.3 Å². The molecule has 0 saturated heterocycles. The second-order valence-electron chi connectivity index (χ2n) is 4.45. The fourth-order valence-electron chi connectivity index (χ4n) is 1.83. The topological polar surface area (TPSA) is 21.3 Å². The third-order valence-corrected chi connectivity index (χ3v) is 4.14. The number of rotatable bonds is 6. The van der Waals surface area contributed by atoms with Crippen LogP contribution in [0, 0.1) is 0 Å². The highest BCUT2D eigenvalue weighted by molar-refractivity contribution is 9.10. The quantitative estimate of drug-likeness (QED) is 0.747. The van der Waals surface area contributed by atoms with Crippen molar-refractivity contribution < 1.29 is 4.74 Å². The van der Waals surface area contributed by atoms with Crippen molar-refractivity contribution in [2.24, 2.45) is 0 Å². The minimum Gasteiger partial charge on any atom is -0.489 e. The van der Waals surface area contributed by atoms with E-state index in [9.17, 15) is 0 Å². The van der Waals surface area contributed by atoms with E-state index in [0.29, 0.717) is 6.61 Å². The Hall–Kier alpha value is -0.840. The van der Waals surface area contributed by atoms with Gasteiger partial charge in [0.2, 0.25) is 0 Å². The fraction of sp³-hybridized carbons (Fsp3) is 0.250. The van der Waals surface area contributed by atoms with Crippen molar-refractivity contribution in [3.8, 4) is 5.75 Å². The maximum Gasteiger partial charge on any atom is 0.120 e. The summed E-state index contributed by atoms with van der Waals surface area (Å²) in [7, 11) is 0. The smallest absolute Gasteiger partial charge is 0.120 e. The Balaban J connectivity index is 2.02. The molecule has 0 aromatic heterocycles. The SMILES string of the molecule is CCNCc1cc(OCc2cccc(Br)c2)ccc1Br. The van der Waals surface area contributed by atoms with Gasteiger partial charge >= 0.3 is 0 Å². The number of halogens is 2. The molecule has 0 bridgehead atoms. The van der Waals surface area contributed by atoms with E-state index in [0.717, 1.165) is 33.3 Å². The Morgan fingerprint density at radius 2 is 1.95 bits per heavy atom. The van der Waals surface area contributed by atoms with E-state index in [1.165, 1.54) is 5.56 Å². The molecule has 106 valence electrons. The number of hydrogen-bond donors (Lipinski definition) is 1. The van der Waals surface area contributed by atoms with Crippen molar-refractivity contribution in [1.82, 2.24) is 5.32 Å². The predicted octanol–water partition coefficient (Wildman–Crippen LogP) is 4.90. The van der Waals surface area contributed by atoms with E-state index < -0.39 is 0 Å². The molecule has 2 aromatic rings. The average Bonchev–Trinajstić information content (AvgIpc) is 2.45. The third kappa shape index (κ3) is 4.62. The van der Waals surface area contributed by atoms with Crippen LogP contribution in [0.3, 0.4) is 0 Å². The lowest BCUT2D eigenvalue weighted by Crippen LogP contribution is -2.12. The lowest BCUT2D eigenvalue weighted by atomic mass is 10.2. The van der Waals surface area contributed by atoms with Crippen molar-refractivity contribution in [2.75, 3.05) is 6.54 Å². The summed E-state index contributed by atoms with van der Waals surface area (Å²) in [6.07, 6.45) is 0. The molecule has 20 heavy (non-hydrogen) atoms. The van der Waals surface area contributed by atoms with Crippen LogP contribution in [-0.2, 0) is 13.2 Å². The molecule has 0 heterocycles. The first kappa shape index (κ1) is 15.5. The van der Waals surface area contributed by atoms with Gasteiger partial charge in [-0.3, -0.25) is 0 Å². The van der Waals surface area contributed by atoms with Crippen LogP contribution < -0.4 is 10.1 Å². The van der Waals surface area contributed by atoms with Crippen LogP contribution in [0.25, 0.3) is 0 Å². The Morgan fingerprint density at radius 3 is 2.70 bits per heavy atom. The summed E-state index contributed by atoms with van der Waals surface area (Å²) in [5, 5.41) is 3.32. The van der Waals surface area contributed by atoms with Gasteiger partial charge in [-0.1, -0.05) is 50.9 Å². The van der Waals surface area contributed by atoms with Gasteiger partial charge in [0.25, 0.3) is 0 Å². The summed E-state index contributed by atoms with van der Waals surface area (Å²) < 4.78 is 8.03. The Bertz CT molecular complexity index is 572. The zero-order chi connectivity index (χ0) is 14.4. The van der Waals surface area contributed by atoms with E-state index >= 15 is 0 Å². The molecule has 0 saturated carbocycles. The number of nitrogens with one attached hydrogen (secondary N) is 1. The zero-order valence-corrected chi connectivity index (χ0v) is 14.5. The molecule has 4 heteroatoms. The molecule has 2 rings (SSSR count). The number of benzene rings is 2. The van der Waals surface area contributed by atoms with Crippen LogP contribution >= 0.6 is 31.9 Å². The fourth-order valence-corrected chi connectivity index (χ4v) is 2.66.